The van der Waals surface area contributed by atoms with Crippen LogP contribution in [0.2, 0.25) is 0 Å². The fourth-order valence-electron chi connectivity index (χ4n) is 5.97. The topological polar surface area (TPSA) is 74.8 Å². The van der Waals surface area contributed by atoms with Crippen LogP contribution in [0.5, 0.6) is 0 Å². The second-order valence-electron chi connectivity index (χ2n) is 9.93. The summed E-state index contributed by atoms with van der Waals surface area (Å²) < 4.78 is 0. The largest absolute Gasteiger partial charge is 0.293 e. The minimum absolute atomic E-state index is 0.0355. The molecule has 31 heavy (non-hydrogen) atoms. The average molecular weight is 427 g/mol. The third-order valence-electron chi connectivity index (χ3n) is 7.68. The van der Waals surface area contributed by atoms with Gasteiger partial charge in [-0.15, -0.1) is 0 Å². The molecule has 2 fully saturated rings. The number of carbonyl (C=O) groups is 4. The molecule has 0 N–H and O–H groups in total. The van der Waals surface area contributed by atoms with E-state index in [4.69, 9.17) is 0 Å². The molecule has 2 saturated carbocycles. The lowest BCUT2D eigenvalue weighted by molar-refractivity contribution is -0.119. The molecule has 0 amide bonds. The van der Waals surface area contributed by atoms with E-state index < -0.39 is 0 Å². The van der Waals surface area contributed by atoms with Gasteiger partial charge in [0, 0.05) is 12.1 Å². The molecule has 2 aliphatic heterocycles. The SMILES string of the molecule is O=C1C=CC(=O)CN(C2CCC(CC3CCC(N4CC(=O)C=CC(=O)C4)CC3)CC2)C1. The molecular weight excluding hydrogens is 392 g/mol. The highest BCUT2D eigenvalue weighted by molar-refractivity contribution is 6.02. The Kier molecular flexibility index (Phi) is 7.28. The number of hydrogen-bond acceptors (Lipinski definition) is 6. The molecule has 0 aromatic rings. The number of carbonyl (C=O) groups excluding carboxylic acids is 4. The van der Waals surface area contributed by atoms with Gasteiger partial charge in [-0.05, 0) is 93.9 Å². The van der Waals surface area contributed by atoms with Crippen LogP contribution >= 0.6 is 0 Å². The Morgan fingerprint density at radius 2 is 0.806 bits per heavy atom. The predicted octanol–water partition coefficient (Wildman–Crippen LogP) is 2.51. The molecule has 0 radical (unpaired) electrons. The quantitative estimate of drug-likeness (QED) is 0.688. The molecule has 0 aromatic heterocycles. The molecule has 2 heterocycles. The maximum Gasteiger partial charge on any atom is 0.169 e. The highest BCUT2D eigenvalue weighted by Crippen LogP contribution is 2.37. The monoisotopic (exact) mass is 426 g/mol. The van der Waals surface area contributed by atoms with Crippen molar-refractivity contribution in [2.24, 2.45) is 11.8 Å². The molecule has 168 valence electrons. The molecule has 0 aromatic carbocycles. The van der Waals surface area contributed by atoms with Crippen LogP contribution in [0.4, 0.5) is 0 Å². The summed E-state index contributed by atoms with van der Waals surface area (Å²) in [5.41, 5.74) is 0. The first-order valence-electron chi connectivity index (χ1n) is 11.9. The molecule has 6 nitrogen and oxygen atoms in total. The maximum atomic E-state index is 11.9. The van der Waals surface area contributed by atoms with Crippen molar-refractivity contribution >= 4 is 23.1 Å². The Hall–Kier alpha value is -1.92. The highest BCUT2D eigenvalue weighted by atomic mass is 16.1. The van der Waals surface area contributed by atoms with E-state index in [-0.39, 0.29) is 23.1 Å². The van der Waals surface area contributed by atoms with Crippen LogP contribution in [-0.2, 0) is 19.2 Å². The molecule has 0 spiro atoms. The summed E-state index contributed by atoms with van der Waals surface area (Å²) in [6.45, 7) is 1.49. The molecule has 4 aliphatic rings. The Morgan fingerprint density at radius 1 is 0.516 bits per heavy atom. The molecule has 0 bridgehead atoms. The van der Waals surface area contributed by atoms with E-state index in [1.807, 2.05) is 0 Å². The van der Waals surface area contributed by atoms with Crippen molar-refractivity contribution in [2.45, 2.75) is 69.9 Å². The number of nitrogens with zero attached hydrogens (tertiary/aromatic N) is 2. The van der Waals surface area contributed by atoms with Crippen LogP contribution in [0.25, 0.3) is 0 Å². The van der Waals surface area contributed by atoms with E-state index in [9.17, 15) is 19.2 Å². The molecule has 0 atom stereocenters. The van der Waals surface area contributed by atoms with Crippen LogP contribution in [0, 0.1) is 11.8 Å². The Balaban J connectivity index is 1.20. The third-order valence-corrected chi connectivity index (χ3v) is 7.68. The van der Waals surface area contributed by atoms with Gasteiger partial charge in [-0.1, -0.05) is 0 Å². The number of rotatable bonds is 4. The van der Waals surface area contributed by atoms with Crippen LogP contribution in [0.1, 0.15) is 57.8 Å². The van der Waals surface area contributed by atoms with E-state index >= 15 is 0 Å². The molecule has 6 heteroatoms. The fourth-order valence-corrected chi connectivity index (χ4v) is 5.97. The lowest BCUT2D eigenvalue weighted by Gasteiger charge is -2.39. The van der Waals surface area contributed by atoms with Crippen molar-refractivity contribution in [1.82, 2.24) is 9.80 Å². The van der Waals surface area contributed by atoms with Crippen LogP contribution < -0.4 is 0 Å². The van der Waals surface area contributed by atoms with Crippen molar-refractivity contribution in [3.8, 4) is 0 Å². The second-order valence-corrected chi connectivity index (χ2v) is 9.93. The molecular formula is C25H34N2O4. The van der Waals surface area contributed by atoms with Crippen molar-refractivity contribution < 1.29 is 19.2 Å². The van der Waals surface area contributed by atoms with Gasteiger partial charge in [0.25, 0.3) is 0 Å². The summed E-state index contributed by atoms with van der Waals surface area (Å²) in [6, 6.07) is 0.706. The van der Waals surface area contributed by atoms with Gasteiger partial charge < -0.3 is 0 Å². The highest BCUT2D eigenvalue weighted by Gasteiger charge is 2.32. The Morgan fingerprint density at radius 3 is 1.10 bits per heavy atom. The lowest BCUT2D eigenvalue weighted by atomic mass is 9.75. The van der Waals surface area contributed by atoms with E-state index in [2.05, 4.69) is 9.80 Å². The zero-order valence-electron chi connectivity index (χ0n) is 18.3. The van der Waals surface area contributed by atoms with Gasteiger partial charge in [0.1, 0.15) is 0 Å². The van der Waals surface area contributed by atoms with Crippen LogP contribution in [0.3, 0.4) is 0 Å². The van der Waals surface area contributed by atoms with E-state index in [1.165, 1.54) is 56.4 Å². The minimum Gasteiger partial charge on any atom is -0.293 e. The van der Waals surface area contributed by atoms with Gasteiger partial charge >= 0.3 is 0 Å². The van der Waals surface area contributed by atoms with Crippen molar-refractivity contribution in [1.29, 1.82) is 0 Å². The van der Waals surface area contributed by atoms with Gasteiger partial charge in [0.15, 0.2) is 23.1 Å². The summed E-state index contributed by atoms with van der Waals surface area (Å²) in [4.78, 5) is 51.7. The summed E-state index contributed by atoms with van der Waals surface area (Å²) >= 11 is 0. The normalized spacial score (nSPS) is 34.1. The summed E-state index contributed by atoms with van der Waals surface area (Å²) in [6.07, 6.45) is 16.0. The van der Waals surface area contributed by atoms with Crippen LogP contribution in [-0.4, -0.2) is 71.2 Å². The first-order chi connectivity index (χ1) is 15.0. The maximum absolute atomic E-state index is 11.9. The number of hydrogen-bond donors (Lipinski definition) is 0. The van der Waals surface area contributed by atoms with Crippen molar-refractivity contribution in [3.63, 3.8) is 0 Å². The zero-order chi connectivity index (χ0) is 21.8. The zero-order valence-corrected chi connectivity index (χ0v) is 18.3. The first-order valence-corrected chi connectivity index (χ1v) is 11.9. The second kappa shape index (κ2) is 10.1. The lowest BCUT2D eigenvalue weighted by Crippen LogP contribution is -2.43. The molecule has 0 saturated heterocycles. The van der Waals surface area contributed by atoms with Crippen molar-refractivity contribution in [3.05, 3.63) is 24.3 Å². The van der Waals surface area contributed by atoms with Gasteiger partial charge in [-0.3, -0.25) is 29.0 Å². The standard InChI is InChI=1S/C25H34N2O4/c28-22-9-10-23(29)15-26(14-22)20-5-1-18(2-6-20)13-19-3-7-21(8-4-19)27-16-24(30)11-12-25(31)17-27/h9-12,18-21H,1-8,13-17H2. The molecule has 4 rings (SSSR count). The van der Waals surface area contributed by atoms with E-state index in [1.54, 1.807) is 0 Å². The first kappa shape index (κ1) is 22.3. The summed E-state index contributed by atoms with van der Waals surface area (Å²) in [5.74, 6) is 1.61. The molecule has 0 unspecified atom stereocenters. The Bertz CT molecular complexity index is 666. The smallest absolute Gasteiger partial charge is 0.169 e. The molecule has 2 aliphatic carbocycles. The Labute approximate surface area is 184 Å². The summed E-state index contributed by atoms with van der Waals surface area (Å²) in [7, 11) is 0. The van der Waals surface area contributed by atoms with E-state index in [0.717, 1.165) is 37.5 Å². The van der Waals surface area contributed by atoms with E-state index in [0.29, 0.717) is 38.3 Å². The average Bonchev–Trinajstić information content (AvgIpc) is 3.04. The van der Waals surface area contributed by atoms with Gasteiger partial charge in [0.2, 0.25) is 0 Å². The van der Waals surface area contributed by atoms with Gasteiger partial charge in [0.05, 0.1) is 26.2 Å². The fraction of sp³-hybridized carbons (Fsp3) is 0.680. The predicted molar refractivity (Wildman–Crippen MR) is 118 cm³/mol. The van der Waals surface area contributed by atoms with Crippen molar-refractivity contribution in [2.75, 3.05) is 26.2 Å². The van der Waals surface area contributed by atoms with Crippen LogP contribution in [0.15, 0.2) is 24.3 Å². The van der Waals surface area contributed by atoms with Gasteiger partial charge in [-0.25, -0.2) is 0 Å². The van der Waals surface area contributed by atoms with Gasteiger partial charge in [-0.2, -0.15) is 0 Å². The minimum atomic E-state index is 0.0355. The number of ketones is 4. The summed E-state index contributed by atoms with van der Waals surface area (Å²) in [5, 5.41) is 0. The third kappa shape index (κ3) is 6.07.